The lowest BCUT2D eigenvalue weighted by Crippen LogP contribution is -2.41. The molecule has 2 saturated heterocycles. The number of sulfonamides is 1. The summed E-state index contributed by atoms with van der Waals surface area (Å²) in [6, 6.07) is 12.0. The zero-order chi connectivity index (χ0) is 26.6. The van der Waals surface area contributed by atoms with E-state index in [1.54, 1.807) is 6.08 Å². The minimum atomic E-state index is -4.21. The quantitative estimate of drug-likeness (QED) is 0.374. The van der Waals surface area contributed by atoms with Crippen LogP contribution in [0.15, 0.2) is 58.3 Å². The molecule has 0 unspecified atom stereocenters. The van der Waals surface area contributed by atoms with E-state index in [0.29, 0.717) is 4.91 Å². The molecule has 2 aliphatic rings. The van der Waals surface area contributed by atoms with E-state index in [0.717, 1.165) is 71.2 Å². The van der Waals surface area contributed by atoms with Crippen LogP contribution in [-0.4, -0.2) is 49.1 Å². The Morgan fingerprint density at radius 2 is 1.78 bits per heavy atom. The Labute approximate surface area is 226 Å². The van der Waals surface area contributed by atoms with Gasteiger partial charge in [-0.3, -0.25) is 14.5 Å². The van der Waals surface area contributed by atoms with Gasteiger partial charge in [-0.2, -0.15) is 0 Å². The number of thioether (sulfide) groups is 1. The molecule has 2 aliphatic heterocycles. The number of carbonyl (C=O) groups is 2. The van der Waals surface area contributed by atoms with Crippen molar-refractivity contribution in [2.24, 2.45) is 5.92 Å². The third kappa shape index (κ3) is 6.77. The van der Waals surface area contributed by atoms with Crippen LogP contribution >= 0.6 is 24.0 Å². The van der Waals surface area contributed by atoms with Crippen molar-refractivity contribution in [1.29, 1.82) is 0 Å². The number of rotatable bonds is 8. The van der Waals surface area contributed by atoms with Gasteiger partial charge in [0.05, 0.1) is 9.80 Å². The van der Waals surface area contributed by atoms with Crippen LogP contribution in [0.5, 0.6) is 0 Å². The molecule has 2 aromatic rings. The van der Waals surface area contributed by atoms with Gasteiger partial charge in [0.25, 0.3) is 21.8 Å². The van der Waals surface area contributed by atoms with E-state index in [-0.39, 0.29) is 9.22 Å². The molecule has 11 heteroatoms. The van der Waals surface area contributed by atoms with Crippen LogP contribution in [0.4, 0.5) is 10.1 Å². The van der Waals surface area contributed by atoms with Crippen LogP contribution < -0.4 is 9.62 Å². The maximum Gasteiger partial charge on any atom is 0.266 e. The number of anilines is 1. The minimum absolute atomic E-state index is 0.164. The highest BCUT2D eigenvalue weighted by Crippen LogP contribution is 2.33. The molecule has 7 nitrogen and oxygen atoms in total. The molecule has 2 aromatic carbocycles. The molecule has 196 valence electrons. The van der Waals surface area contributed by atoms with Crippen molar-refractivity contribution in [3.63, 3.8) is 0 Å². The van der Waals surface area contributed by atoms with Gasteiger partial charge in [-0.1, -0.05) is 55.9 Å². The van der Waals surface area contributed by atoms with Gasteiger partial charge >= 0.3 is 0 Å². The SMILES string of the molecule is CCCC1CCN(c2ccc(/C=C3\SC(=S)N(CC(=O)NS(=O)(=O)c4ccc(F)cc4)C3=O)cc2)CC1. The first-order chi connectivity index (χ1) is 17.7. The topological polar surface area (TPSA) is 86.8 Å². The third-order valence-corrected chi connectivity index (χ3v) is 9.18. The van der Waals surface area contributed by atoms with Crippen molar-refractivity contribution in [3.05, 3.63) is 64.8 Å². The number of nitrogens with one attached hydrogen (secondary N) is 1. The monoisotopic (exact) mass is 561 g/mol. The van der Waals surface area contributed by atoms with Crippen LogP contribution in [0.25, 0.3) is 6.08 Å². The molecule has 0 atom stereocenters. The summed E-state index contributed by atoms with van der Waals surface area (Å²) < 4.78 is 39.9. The largest absolute Gasteiger partial charge is 0.372 e. The number of thiocarbonyl (C=S) groups is 1. The van der Waals surface area contributed by atoms with Gasteiger partial charge in [0.2, 0.25) is 0 Å². The maximum atomic E-state index is 13.1. The molecule has 0 saturated carbocycles. The average molecular weight is 562 g/mol. The Morgan fingerprint density at radius 3 is 2.41 bits per heavy atom. The highest BCUT2D eigenvalue weighted by Gasteiger charge is 2.34. The molecule has 0 radical (unpaired) electrons. The van der Waals surface area contributed by atoms with E-state index < -0.39 is 34.2 Å². The summed E-state index contributed by atoms with van der Waals surface area (Å²) in [4.78, 5) is 28.8. The van der Waals surface area contributed by atoms with Crippen molar-refractivity contribution in [2.45, 2.75) is 37.5 Å². The van der Waals surface area contributed by atoms with E-state index in [2.05, 4.69) is 11.8 Å². The summed E-state index contributed by atoms with van der Waals surface area (Å²) in [5, 5.41) is 0. The fourth-order valence-corrected chi connectivity index (χ4v) is 6.69. The summed E-state index contributed by atoms with van der Waals surface area (Å²) in [6.07, 6.45) is 6.64. The number of hydrogen-bond acceptors (Lipinski definition) is 7. The van der Waals surface area contributed by atoms with Crippen molar-refractivity contribution in [1.82, 2.24) is 9.62 Å². The molecule has 37 heavy (non-hydrogen) atoms. The van der Waals surface area contributed by atoms with Gasteiger partial charge in [0, 0.05) is 18.8 Å². The molecule has 0 bridgehead atoms. The summed E-state index contributed by atoms with van der Waals surface area (Å²) in [5.41, 5.74) is 1.98. The van der Waals surface area contributed by atoms with Crippen molar-refractivity contribution in [2.75, 3.05) is 24.5 Å². The number of amides is 2. The predicted molar refractivity (Wildman–Crippen MR) is 148 cm³/mol. The Morgan fingerprint density at radius 1 is 1.14 bits per heavy atom. The fourth-order valence-electron chi connectivity index (χ4n) is 4.46. The lowest BCUT2D eigenvalue weighted by Gasteiger charge is -2.33. The zero-order valence-electron chi connectivity index (χ0n) is 20.4. The normalized spacial score (nSPS) is 18.1. The predicted octanol–water partition coefficient (Wildman–Crippen LogP) is 4.55. The van der Waals surface area contributed by atoms with Crippen LogP contribution in [0.1, 0.15) is 38.2 Å². The number of halogens is 1. The summed E-state index contributed by atoms with van der Waals surface area (Å²) >= 11 is 6.32. The molecule has 2 heterocycles. The second-order valence-corrected chi connectivity index (χ2v) is 12.4. The lowest BCUT2D eigenvalue weighted by molar-refractivity contribution is -0.127. The van der Waals surface area contributed by atoms with E-state index >= 15 is 0 Å². The van der Waals surface area contributed by atoms with Crippen molar-refractivity contribution >= 4 is 61.9 Å². The second-order valence-electron chi connectivity index (χ2n) is 9.06. The van der Waals surface area contributed by atoms with Gasteiger partial charge in [0.1, 0.15) is 16.7 Å². The number of piperidine rings is 1. The Bertz CT molecular complexity index is 1300. The van der Waals surface area contributed by atoms with Gasteiger partial charge in [-0.15, -0.1) is 0 Å². The highest BCUT2D eigenvalue weighted by molar-refractivity contribution is 8.26. The Hall–Kier alpha value is -2.76. The van der Waals surface area contributed by atoms with E-state index in [1.807, 2.05) is 29.0 Å². The Kier molecular flexibility index (Phi) is 8.66. The van der Waals surface area contributed by atoms with Crippen LogP contribution in [0, 0.1) is 11.7 Å². The first kappa shape index (κ1) is 27.3. The first-order valence-corrected chi connectivity index (χ1v) is 14.8. The molecule has 0 aliphatic carbocycles. The van der Waals surface area contributed by atoms with Crippen molar-refractivity contribution in [3.8, 4) is 0 Å². The highest BCUT2D eigenvalue weighted by atomic mass is 32.2. The van der Waals surface area contributed by atoms with Crippen LogP contribution in [-0.2, 0) is 19.6 Å². The smallest absolute Gasteiger partial charge is 0.266 e. The van der Waals surface area contributed by atoms with Gasteiger partial charge in [0.15, 0.2) is 0 Å². The Balaban J connectivity index is 1.36. The standard InChI is InChI=1S/C26H28FN3O4S3/c1-2-3-18-12-14-29(15-13-18)21-8-4-19(5-9-21)16-23-25(32)30(26(35)36-23)17-24(31)28-37(33,34)22-10-6-20(27)7-11-22/h4-11,16,18H,2-3,12-15,17H2,1H3,(H,28,31)/b23-16-. The molecular weight excluding hydrogens is 534 g/mol. The number of carbonyl (C=O) groups excluding carboxylic acids is 2. The zero-order valence-corrected chi connectivity index (χ0v) is 22.8. The minimum Gasteiger partial charge on any atom is -0.372 e. The molecule has 2 fully saturated rings. The van der Waals surface area contributed by atoms with Gasteiger partial charge < -0.3 is 4.90 Å². The molecule has 0 spiro atoms. The maximum absolute atomic E-state index is 13.1. The lowest BCUT2D eigenvalue weighted by atomic mass is 9.92. The summed E-state index contributed by atoms with van der Waals surface area (Å²) in [5.74, 6) is -1.18. The molecule has 2 amide bonds. The van der Waals surface area contributed by atoms with E-state index in [1.165, 1.54) is 25.7 Å². The third-order valence-electron chi connectivity index (χ3n) is 6.41. The van der Waals surface area contributed by atoms with Gasteiger partial charge in [-0.25, -0.2) is 17.5 Å². The molecular formula is C26H28FN3O4S3. The number of hydrogen-bond donors (Lipinski definition) is 1. The number of benzene rings is 2. The molecule has 4 rings (SSSR count). The summed E-state index contributed by atoms with van der Waals surface area (Å²) in [7, 11) is -4.21. The van der Waals surface area contributed by atoms with Crippen LogP contribution in [0.2, 0.25) is 0 Å². The van der Waals surface area contributed by atoms with E-state index in [9.17, 15) is 22.4 Å². The second kappa shape index (κ2) is 11.7. The fraction of sp³-hybridized carbons (Fsp3) is 0.346. The van der Waals surface area contributed by atoms with Crippen LogP contribution in [0.3, 0.4) is 0 Å². The first-order valence-electron chi connectivity index (χ1n) is 12.1. The van der Waals surface area contributed by atoms with Crippen molar-refractivity contribution < 1.29 is 22.4 Å². The van der Waals surface area contributed by atoms with Gasteiger partial charge in [-0.05, 0) is 66.8 Å². The summed E-state index contributed by atoms with van der Waals surface area (Å²) in [6.45, 7) is 3.77. The molecule has 0 aromatic heterocycles. The van der Waals surface area contributed by atoms with E-state index in [4.69, 9.17) is 12.2 Å². The number of nitrogens with zero attached hydrogens (tertiary/aromatic N) is 2. The molecule has 1 N–H and O–H groups in total. The average Bonchev–Trinajstić information content (AvgIpc) is 3.12.